The molecular weight excluding hydrogens is 370 g/mol. The second-order valence-electron chi connectivity index (χ2n) is 4.79. The van der Waals surface area contributed by atoms with Crippen molar-refractivity contribution in [3.8, 4) is 0 Å². The van der Waals surface area contributed by atoms with Gasteiger partial charge in [-0.3, -0.25) is 0 Å². The van der Waals surface area contributed by atoms with Gasteiger partial charge in [-0.1, -0.05) is 22.0 Å². The van der Waals surface area contributed by atoms with Gasteiger partial charge in [-0.25, -0.2) is 9.97 Å². The maximum atomic E-state index is 4.59. The summed E-state index contributed by atoms with van der Waals surface area (Å²) in [5.74, 6) is 2.32. The molecule has 1 aliphatic rings. The quantitative estimate of drug-likeness (QED) is 0.764. The van der Waals surface area contributed by atoms with Gasteiger partial charge < -0.3 is 5.32 Å². The normalized spacial score (nSPS) is 14.5. The molecule has 0 spiro atoms. The predicted octanol–water partition coefficient (Wildman–Crippen LogP) is 4.93. The summed E-state index contributed by atoms with van der Waals surface area (Å²) in [6, 6.07) is 8.07. The summed E-state index contributed by atoms with van der Waals surface area (Å²) in [7, 11) is 0. The highest BCUT2D eigenvalue weighted by Crippen LogP contribution is 2.39. The standard InChI is InChI=1S/C14H13Br2N3/c1-8-2-5-10(15)6-11(8)17-13-7-12(16)18-14(19-13)9-3-4-9/h2,5-7,9H,3-4H2,1H3,(H,17,18,19). The summed E-state index contributed by atoms with van der Waals surface area (Å²) < 4.78 is 1.88. The van der Waals surface area contributed by atoms with E-state index < -0.39 is 0 Å². The van der Waals surface area contributed by atoms with Crippen LogP contribution < -0.4 is 5.32 Å². The third kappa shape index (κ3) is 3.15. The van der Waals surface area contributed by atoms with E-state index in [4.69, 9.17) is 0 Å². The average molecular weight is 383 g/mol. The fourth-order valence-electron chi connectivity index (χ4n) is 1.89. The largest absolute Gasteiger partial charge is 0.340 e. The lowest BCUT2D eigenvalue weighted by atomic mass is 10.2. The average Bonchev–Trinajstić information content (AvgIpc) is 3.17. The molecule has 2 aromatic rings. The van der Waals surface area contributed by atoms with Crippen LogP contribution in [0.15, 0.2) is 33.3 Å². The fraction of sp³-hybridized carbons (Fsp3) is 0.286. The Hall–Kier alpha value is -0.940. The van der Waals surface area contributed by atoms with Crippen molar-refractivity contribution in [3.05, 3.63) is 44.7 Å². The molecule has 5 heteroatoms. The van der Waals surface area contributed by atoms with Gasteiger partial charge in [0, 0.05) is 22.1 Å². The number of hydrogen-bond acceptors (Lipinski definition) is 3. The molecule has 19 heavy (non-hydrogen) atoms. The number of hydrogen-bond donors (Lipinski definition) is 1. The van der Waals surface area contributed by atoms with Crippen molar-refractivity contribution in [1.29, 1.82) is 0 Å². The van der Waals surface area contributed by atoms with E-state index in [1.54, 1.807) is 0 Å². The molecule has 1 fully saturated rings. The van der Waals surface area contributed by atoms with Crippen LogP contribution in [0.5, 0.6) is 0 Å². The van der Waals surface area contributed by atoms with Crippen LogP contribution in [0, 0.1) is 6.92 Å². The van der Waals surface area contributed by atoms with Crippen molar-refractivity contribution in [3.63, 3.8) is 0 Å². The van der Waals surface area contributed by atoms with E-state index in [-0.39, 0.29) is 0 Å². The number of halogens is 2. The fourth-order valence-corrected chi connectivity index (χ4v) is 2.65. The third-order valence-electron chi connectivity index (χ3n) is 3.12. The SMILES string of the molecule is Cc1ccc(Br)cc1Nc1cc(Br)nc(C2CC2)n1. The maximum Gasteiger partial charge on any atom is 0.135 e. The Labute approximate surface area is 129 Å². The van der Waals surface area contributed by atoms with E-state index in [0.717, 1.165) is 26.4 Å². The van der Waals surface area contributed by atoms with Gasteiger partial charge in [-0.05, 0) is 53.4 Å². The summed E-state index contributed by atoms with van der Waals surface area (Å²) in [5, 5.41) is 3.37. The highest BCUT2D eigenvalue weighted by Gasteiger charge is 2.27. The topological polar surface area (TPSA) is 37.8 Å². The van der Waals surface area contributed by atoms with Crippen molar-refractivity contribution < 1.29 is 0 Å². The first-order chi connectivity index (χ1) is 9.11. The predicted molar refractivity (Wildman–Crippen MR) is 83.9 cm³/mol. The molecule has 1 heterocycles. The molecule has 0 radical (unpaired) electrons. The minimum atomic E-state index is 0.543. The van der Waals surface area contributed by atoms with Crippen molar-refractivity contribution in [2.45, 2.75) is 25.7 Å². The van der Waals surface area contributed by atoms with Crippen LogP contribution in [0.3, 0.4) is 0 Å². The maximum absolute atomic E-state index is 4.59. The summed E-state index contributed by atoms with van der Waals surface area (Å²) in [4.78, 5) is 9.03. The second-order valence-corrected chi connectivity index (χ2v) is 6.52. The molecule has 1 aromatic carbocycles. The van der Waals surface area contributed by atoms with Gasteiger partial charge in [0.25, 0.3) is 0 Å². The monoisotopic (exact) mass is 381 g/mol. The minimum Gasteiger partial charge on any atom is -0.340 e. The van der Waals surface area contributed by atoms with Gasteiger partial charge in [-0.15, -0.1) is 0 Å². The Bertz CT molecular complexity index is 624. The van der Waals surface area contributed by atoms with Crippen LogP contribution >= 0.6 is 31.9 Å². The number of benzene rings is 1. The highest BCUT2D eigenvalue weighted by molar-refractivity contribution is 9.10. The molecule has 3 rings (SSSR count). The Balaban J connectivity index is 1.92. The van der Waals surface area contributed by atoms with Crippen LogP contribution in [-0.4, -0.2) is 9.97 Å². The molecule has 3 nitrogen and oxygen atoms in total. The van der Waals surface area contributed by atoms with Gasteiger partial charge >= 0.3 is 0 Å². The highest BCUT2D eigenvalue weighted by atomic mass is 79.9. The zero-order valence-electron chi connectivity index (χ0n) is 10.5. The first-order valence-electron chi connectivity index (χ1n) is 6.19. The molecule has 1 aliphatic carbocycles. The lowest BCUT2D eigenvalue weighted by Crippen LogP contribution is -2.00. The van der Waals surface area contributed by atoms with Gasteiger partial charge in [0.1, 0.15) is 16.2 Å². The lowest BCUT2D eigenvalue weighted by molar-refractivity contribution is 0.919. The molecule has 0 saturated heterocycles. The van der Waals surface area contributed by atoms with Crippen LogP contribution in [0.25, 0.3) is 0 Å². The number of anilines is 2. The summed E-state index contributed by atoms with van der Waals surface area (Å²) in [6.07, 6.45) is 2.40. The zero-order chi connectivity index (χ0) is 13.4. The van der Waals surface area contributed by atoms with Crippen LogP contribution in [0.2, 0.25) is 0 Å². The van der Waals surface area contributed by atoms with E-state index in [2.05, 4.69) is 66.2 Å². The van der Waals surface area contributed by atoms with Crippen LogP contribution in [-0.2, 0) is 0 Å². The first-order valence-corrected chi connectivity index (χ1v) is 7.78. The van der Waals surface area contributed by atoms with Gasteiger partial charge in [-0.2, -0.15) is 0 Å². The summed E-state index contributed by atoms with van der Waals surface area (Å²) >= 11 is 6.94. The third-order valence-corrected chi connectivity index (χ3v) is 4.02. The smallest absolute Gasteiger partial charge is 0.135 e. The Morgan fingerprint density at radius 3 is 2.68 bits per heavy atom. The zero-order valence-corrected chi connectivity index (χ0v) is 13.6. The first kappa shape index (κ1) is 13.1. The Morgan fingerprint density at radius 2 is 1.95 bits per heavy atom. The van der Waals surface area contributed by atoms with E-state index in [1.807, 2.05) is 12.1 Å². The van der Waals surface area contributed by atoms with Crippen molar-refractivity contribution in [1.82, 2.24) is 9.97 Å². The molecule has 0 atom stereocenters. The lowest BCUT2D eigenvalue weighted by Gasteiger charge is -2.10. The molecule has 1 saturated carbocycles. The van der Waals surface area contributed by atoms with Gasteiger partial charge in [0.2, 0.25) is 0 Å². The van der Waals surface area contributed by atoms with Crippen LogP contribution in [0.4, 0.5) is 11.5 Å². The van der Waals surface area contributed by atoms with E-state index >= 15 is 0 Å². The molecule has 1 N–H and O–H groups in total. The van der Waals surface area contributed by atoms with E-state index in [9.17, 15) is 0 Å². The number of aromatic nitrogens is 2. The number of aryl methyl sites for hydroxylation is 1. The Morgan fingerprint density at radius 1 is 1.16 bits per heavy atom. The Kier molecular flexibility index (Phi) is 3.58. The number of nitrogens with one attached hydrogen (secondary N) is 1. The minimum absolute atomic E-state index is 0.543. The molecule has 98 valence electrons. The van der Waals surface area contributed by atoms with Crippen molar-refractivity contribution >= 4 is 43.4 Å². The van der Waals surface area contributed by atoms with E-state index in [1.165, 1.54) is 18.4 Å². The summed E-state index contributed by atoms with van der Waals surface area (Å²) in [6.45, 7) is 2.08. The van der Waals surface area contributed by atoms with Crippen molar-refractivity contribution in [2.75, 3.05) is 5.32 Å². The summed E-state index contributed by atoms with van der Waals surface area (Å²) in [5.41, 5.74) is 2.24. The number of nitrogens with zero attached hydrogens (tertiary/aromatic N) is 2. The molecule has 1 aromatic heterocycles. The van der Waals surface area contributed by atoms with Gasteiger partial charge in [0.15, 0.2) is 0 Å². The van der Waals surface area contributed by atoms with Crippen molar-refractivity contribution in [2.24, 2.45) is 0 Å². The van der Waals surface area contributed by atoms with Crippen LogP contribution in [0.1, 0.15) is 30.1 Å². The van der Waals surface area contributed by atoms with Gasteiger partial charge in [0.05, 0.1) is 0 Å². The van der Waals surface area contributed by atoms with E-state index in [0.29, 0.717) is 5.92 Å². The molecule has 0 aliphatic heterocycles. The molecule has 0 bridgehead atoms. The second kappa shape index (κ2) is 5.21. The molecule has 0 unspecified atom stereocenters. The molecule has 0 amide bonds. The number of rotatable bonds is 3. The molecular formula is C14H13Br2N3.